The molecule has 30 heavy (non-hydrogen) atoms. The van der Waals surface area contributed by atoms with E-state index in [0.717, 1.165) is 16.1 Å². The van der Waals surface area contributed by atoms with Gasteiger partial charge in [-0.3, -0.25) is 19.2 Å². The number of hydrogen-bond donors (Lipinski definition) is 1. The predicted octanol–water partition coefficient (Wildman–Crippen LogP) is 2.56. The second-order valence-corrected chi connectivity index (χ2v) is 8.95. The van der Waals surface area contributed by atoms with Crippen molar-refractivity contribution in [1.29, 1.82) is 0 Å². The zero-order valence-corrected chi connectivity index (χ0v) is 18.1. The van der Waals surface area contributed by atoms with Crippen LogP contribution in [0.2, 0.25) is 0 Å². The van der Waals surface area contributed by atoms with Crippen molar-refractivity contribution < 1.29 is 22.9 Å². The van der Waals surface area contributed by atoms with Gasteiger partial charge in [-0.1, -0.05) is 23.8 Å². The van der Waals surface area contributed by atoms with E-state index in [-0.39, 0.29) is 29.6 Å². The summed E-state index contributed by atoms with van der Waals surface area (Å²) in [5.41, 5.74) is 1.13. The Morgan fingerprint density at radius 1 is 1.20 bits per heavy atom. The summed E-state index contributed by atoms with van der Waals surface area (Å²) in [5, 5.41) is 13.9. The average molecular weight is 436 g/mol. The fraction of sp³-hybridized carbons (Fsp3) is 0.350. The van der Waals surface area contributed by atoms with Crippen LogP contribution in [0, 0.1) is 24.0 Å². The Balaban J connectivity index is 2.08. The molecule has 0 fully saturated rings. The first kappa shape index (κ1) is 23.1. The molecule has 9 nitrogen and oxygen atoms in total. The van der Waals surface area contributed by atoms with E-state index in [1.165, 1.54) is 25.1 Å². The van der Waals surface area contributed by atoms with E-state index in [4.69, 9.17) is 4.74 Å². The van der Waals surface area contributed by atoms with Gasteiger partial charge in [0.2, 0.25) is 15.9 Å². The Labute approximate surface area is 175 Å². The molecular weight excluding hydrogens is 410 g/mol. The molecule has 1 atom stereocenters. The van der Waals surface area contributed by atoms with Gasteiger partial charge in [0.25, 0.3) is 5.69 Å². The van der Waals surface area contributed by atoms with Crippen LogP contribution in [0.25, 0.3) is 0 Å². The number of aryl methyl sites for hydroxylation is 1. The predicted molar refractivity (Wildman–Crippen MR) is 114 cm³/mol. The molecule has 0 spiro atoms. The second-order valence-electron chi connectivity index (χ2n) is 7.04. The molecular formula is C20H25N3O6S. The Kier molecular flexibility index (Phi) is 7.38. The summed E-state index contributed by atoms with van der Waals surface area (Å²) in [6.07, 6.45) is 0.947. The minimum absolute atomic E-state index is 0.0883. The SMILES string of the molecule is Cc1ccc(OC[C@@H](C)NC(=O)CN(c2cccc([N+](=O)[O-])c2C)S(C)(=O)=O)cc1. The van der Waals surface area contributed by atoms with Crippen molar-refractivity contribution in [2.75, 3.05) is 23.7 Å². The van der Waals surface area contributed by atoms with Crippen molar-refractivity contribution in [1.82, 2.24) is 5.32 Å². The highest BCUT2D eigenvalue weighted by atomic mass is 32.2. The van der Waals surface area contributed by atoms with Gasteiger partial charge in [0, 0.05) is 6.07 Å². The van der Waals surface area contributed by atoms with Crippen LogP contribution in [0.1, 0.15) is 18.1 Å². The lowest BCUT2D eigenvalue weighted by Gasteiger charge is -2.24. The summed E-state index contributed by atoms with van der Waals surface area (Å²) >= 11 is 0. The number of carbonyl (C=O) groups is 1. The Hall–Kier alpha value is -3.14. The molecule has 2 rings (SSSR count). The number of rotatable bonds is 9. The molecule has 0 aliphatic rings. The molecule has 0 saturated heterocycles. The fourth-order valence-corrected chi connectivity index (χ4v) is 3.72. The highest BCUT2D eigenvalue weighted by molar-refractivity contribution is 7.92. The first-order chi connectivity index (χ1) is 14.0. The highest BCUT2D eigenvalue weighted by Crippen LogP contribution is 2.29. The molecule has 0 unspecified atom stereocenters. The maximum atomic E-state index is 12.5. The number of sulfonamides is 1. The molecule has 162 valence electrons. The number of nitro benzene ring substituents is 1. The van der Waals surface area contributed by atoms with E-state index in [2.05, 4.69) is 5.32 Å². The van der Waals surface area contributed by atoms with Gasteiger partial charge in [-0.05, 0) is 39.0 Å². The highest BCUT2D eigenvalue weighted by Gasteiger charge is 2.26. The summed E-state index contributed by atoms with van der Waals surface area (Å²) in [6.45, 7) is 4.83. The van der Waals surface area contributed by atoms with E-state index in [1.54, 1.807) is 6.92 Å². The maximum Gasteiger partial charge on any atom is 0.274 e. The summed E-state index contributed by atoms with van der Waals surface area (Å²) in [4.78, 5) is 23.0. The van der Waals surface area contributed by atoms with Crippen molar-refractivity contribution in [3.8, 4) is 5.75 Å². The van der Waals surface area contributed by atoms with Gasteiger partial charge in [-0.25, -0.2) is 8.42 Å². The van der Waals surface area contributed by atoms with Crippen molar-refractivity contribution in [3.05, 3.63) is 63.7 Å². The summed E-state index contributed by atoms with van der Waals surface area (Å²) in [5.74, 6) is 0.109. The molecule has 1 amide bonds. The van der Waals surface area contributed by atoms with Crippen LogP contribution >= 0.6 is 0 Å². The largest absolute Gasteiger partial charge is 0.491 e. The molecule has 0 aliphatic heterocycles. The molecule has 0 aliphatic carbocycles. The monoisotopic (exact) mass is 435 g/mol. The number of hydrogen-bond acceptors (Lipinski definition) is 6. The quantitative estimate of drug-likeness (QED) is 0.478. The summed E-state index contributed by atoms with van der Waals surface area (Å²) in [7, 11) is -3.85. The van der Waals surface area contributed by atoms with Gasteiger partial charge in [0.1, 0.15) is 18.9 Å². The lowest BCUT2D eigenvalue weighted by molar-refractivity contribution is -0.385. The standard InChI is InChI=1S/C20H25N3O6S/c1-14-8-10-17(11-9-14)29-13-15(2)21-20(24)12-22(30(4,27)28)18-6-5-7-19(16(18)3)23(25)26/h5-11,15H,12-13H2,1-4H3,(H,21,24)/t15-/m1/s1. The summed E-state index contributed by atoms with van der Waals surface area (Å²) in [6, 6.07) is 11.2. The van der Waals surface area contributed by atoms with Crippen LogP contribution in [0.3, 0.4) is 0 Å². The molecule has 0 aromatic heterocycles. The van der Waals surface area contributed by atoms with Crippen LogP contribution in [-0.4, -0.2) is 44.7 Å². The number of amides is 1. The maximum absolute atomic E-state index is 12.5. The normalized spacial score (nSPS) is 12.1. The van der Waals surface area contributed by atoms with Crippen molar-refractivity contribution in [3.63, 3.8) is 0 Å². The topological polar surface area (TPSA) is 119 Å². The minimum atomic E-state index is -3.85. The third kappa shape index (κ3) is 6.18. The van der Waals surface area contributed by atoms with E-state index < -0.39 is 27.4 Å². The molecule has 2 aromatic rings. The lowest BCUT2D eigenvalue weighted by Crippen LogP contribution is -2.45. The van der Waals surface area contributed by atoms with Gasteiger partial charge in [-0.15, -0.1) is 0 Å². The van der Waals surface area contributed by atoms with Gasteiger partial charge in [0.15, 0.2) is 0 Å². The number of nitro groups is 1. The lowest BCUT2D eigenvalue weighted by atomic mass is 10.1. The number of carbonyl (C=O) groups excluding carboxylic acids is 1. The molecule has 1 N–H and O–H groups in total. The number of ether oxygens (including phenoxy) is 1. The van der Waals surface area contributed by atoms with Crippen LogP contribution < -0.4 is 14.4 Å². The molecule has 2 aromatic carbocycles. The Morgan fingerprint density at radius 2 is 1.83 bits per heavy atom. The number of nitrogens with zero attached hydrogens (tertiary/aromatic N) is 2. The zero-order valence-electron chi connectivity index (χ0n) is 17.3. The van der Waals surface area contributed by atoms with E-state index in [0.29, 0.717) is 5.75 Å². The molecule has 0 radical (unpaired) electrons. The smallest absolute Gasteiger partial charge is 0.274 e. The molecule has 0 saturated carbocycles. The van der Waals surface area contributed by atoms with Gasteiger partial charge in [-0.2, -0.15) is 0 Å². The van der Waals surface area contributed by atoms with Crippen LogP contribution in [0.5, 0.6) is 5.75 Å². The fourth-order valence-electron chi connectivity index (χ4n) is 2.81. The van der Waals surface area contributed by atoms with E-state index in [1.807, 2.05) is 31.2 Å². The average Bonchev–Trinajstić information content (AvgIpc) is 2.65. The first-order valence-electron chi connectivity index (χ1n) is 9.19. The van der Waals surface area contributed by atoms with Crippen LogP contribution in [0.15, 0.2) is 42.5 Å². The van der Waals surface area contributed by atoms with Gasteiger partial charge in [0.05, 0.1) is 28.5 Å². The van der Waals surface area contributed by atoms with Crippen molar-refractivity contribution in [2.45, 2.75) is 26.8 Å². The van der Waals surface area contributed by atoms with Crippen molar-refractivity contribution in [2.24, 2.45) is 0 Å². The first-order valence-corrected chi connectivity index (χ1v) is 11.0. The number of nitrogens with one attached hydrogen (secondary N) is 1. The van der Waals surface area contributed by atoms with E-state index >= 15 is 0 Å². The van der Waals surface area contributed by atoms with Gasteiger partial charge >= 0.3 is 0 Å². The Morgan fingerprint density at radius 3 is 2.40 bits per heavy atom. The number of benzene rings is 2. The Bertz CT molecular complexity index is 1020. The third-order valence-corrected chi connectivity index (χ3v) is 5.48. The number of anilines is 1. The van der Waals surface area contributed by atoms with E-state index in [9.17, 15) is 23.3 Å². The van der Waals surface area contributed by atoms with Crippen LogP contribution in [-0.2, 0) is 14.8 Å². The van der Waals surface area contributed by atoms with Crippen molar-refractivity contribution >= 4 is 27.3 Å². The minimum Gasteiger partial charge on any atom is -0.491 e. The molecule has 0 bridgehead atoms. The van der Waals surface area contributed by atoms with Crippen LogP contribution in [0.4, 0.5) is 11.4 Å². The second kappa shape index (κ2) is 9.57. The summed E-state index contributed by atoms with van der Waals surface area (Å²) < 4.78 is 31.0. The van der Waals surface area contributed by atoms with Gasteiger partial charge < -0.3 is 10.1 Å². The molecule has 0 heterocycles. The third-order valence-electron chi connectivity index (χ3n) is 4.36. The zero-order chi connectivity index (χ0) is 22.5. The molecule has 10 heteroatoms.